The maximum Gasteiger partial charge on any atom is 0.261 e. The Bertz CT molecular complexity index is 738. The van der Waals surface area contributed by atoms with Gasteiger partial charge in [-0.3, -0.25) is 14.2 Å². The summed E-state index contributed by atoms with van der Waals surface area (Å²) in [6.45, 7) is 3.76. The predicted molar refractivity (Wildman–Crippen MR) is 107 cm³/mol. The number of hydrogen-bond donors (Lipinski definition) is 2. The maximum absolute atomic E-state index is 11.8. The van der Waals surface area contributed by atoms with Crippen molar-refractivity contribution in [1.29, 1.82) is 0 Å². The van der Waals surface area contributed by atoms with Crippen LogP contribution in [0.25, 0.3) is 9.75 Å². The molecule has 7 heteroatoms. The Balaban J connectivity index is 1.79. The van der Waals surface area contributed by atoms with Gasteiger partial charge in [0.25, 0.3) is 5.91 Å². The van der Waals surface area contributed by atoms with Crippen LogP contribution in [0.3, 0.4) is 0 Å². The average Bonchev–Trinajstić information content (AvgIpc) is 3.22. The third-order valence-corrected chi connectivity index (χ3v) is 8.44. The molecule has 0 aromatic carbocycles. The van der Waals surface area contributed by atoms with Crippen LogP contribution in [0.2, 0.25) is 0 Å². The molecule has 2 atom stereocenters. The molecule has 2 unspecified atom stereocenters. The maximum atomic E-state index is 11.8. The molecule has 4 nitrogen and oxygen atoms in total. The van der Waals surface area contributed by atoms with Gasteiger partial charge in [-0.05, 0) is 57.4 Å². The van der Waals surface area contributed by atoms with Crippen LogP contribution < -0.4 is 5.48 Å². The van der Waals surface area contributed by atoms with Crippen molar-refractivity contribution in [3.63, 3.8) is 0 Å². The average molecular weight is 400 g/mol. The van der Waals surface area contributed by atoms with Crippen LogP contribution >= 0.6 is 22.7 Å². The Morgan fingerprint density at radius 3 is 2.44 bits per heavy atom. The molecule has 0 saturated carbocycles. The predicted octanol–water partition coefficient (Wildman–Crippen LogP) is 4.53. The van der Waals surface area contributed by atoms with Gasteiger partial charge in [0, 0.05) is 36.6 Å². The zero-order chi connectivity index (χ0) is 18.4. The van der Waals surface area contributed by atoms with E-state index in [1.54, 1.807) is 12.4 Å². The summed E-state index contributed by atoms with van der Waals surface area (Å²) in [7, 11) is -1.33. The molecule has 0 bridgehead atoms. The Morgan fingerprint density at radius 2 is 1.84 bits per heavy atom. The molecule has 25 heavy (non-hydrogen) atoms. The minimum atomic E-state index is -1.33. The molecule has 0 spiro atoms. The first-order valence-electron chi connectivity index (χ1n) is 8.30. The molecule has 2 heterocycles. The van der Waals surface area contributed by atoms with Gasteiger partial charge < -0.3 is 0 Å². The van der Waals surface area contributed by atoms with E-state index >= 15 is 0 Å². The minimum absolute atomic E-state index is 0.507. The van der Waals surface area contributed by atoms with Crippen molar-refractivity contribution in [2.75, 3.05) is 6.26 Å². The van der Waals surface area contributed by atoms with Crippen molar-refractivity contribution >= 4 is 39.4 Å². The zero-order valence-corrected chi connectivity index (χ0v) is 17.3. The number of hydrogen-bond acceptors (Lipinski definition) is 5. The van der Waals surface area contributed by atoms with Crippen LogP contribution in [-0.2, 0) is 22.0 Å². The van der Waals surface area contributed by atoms with Crippen molar-refractivity contribution in [3.05, 3.63) is 34.0 Å². The second-order valence-electron chi connectivity index (χ2n) is 6.36. The van der Waals surface area contributed by atoms with Crippen molar-refractivity contribution in [1.82, 2.24) is 5.48 Å². The van der Waals surface area contributed by atoms with Crippen molar-refractivity contribution in [3.8, 4) is 9.75 Å². The first-order chi connectivity index (χ1) is 11.9. The van der Waals surface area contributed by atoms with Gasteiger partial charge in [0.15, 0.2) is 0 Å². The molecule has 2 aromatic heterocycles. The number of carbonyl (C=O) groups is 1. The number of aryl methyl sites for hydroxylation is 2. The van der Waals surface area contributed by atoms with E-state index in [0.717, 1.165) is 25.7 Å². The van der Waals surface area contributed by atoms with Gasteiger partial charge in [0.05, 0.1) is 0 Å². The highest BCUT2D eigenvalue weighted by Gasteiger charge is 2.36. The Kier molecular flexibility index (Phi) is 7.37. The first kappa shape index (κ1) is 20.3. The third kappa shape index (κ3) is 5.23. The van der Waals surface area contributed by atoms with Crippen LogP contribution in [0.15, 0.2) is 24.3 Å². The second kappa shape index (κ2) is 9.07. The lowest BCUT2D eigenvalue weighted by atomic mass is 10.0. The van der Waals surface area contributed by atoms with E-state index in [2.05, 4.69) is 31.2 Å². The van der Waals surface area contributed by atoms with Gasteiger partial charge in [-0.1, -0.05) is 12.8 Å². The first-order valence-corrected chi connectivity index (χ1v) is 11.5. The smallest absolute Gasteiger partial charge is 0.261 e. The summed E-state index contributed by atoms with van der Waals surface area (Å²) in [4.78, 5) is 17.1. The SMILES string of the molecule is Cc1ccc(-c2ccc(CCCCCC(C)(C(=O)NO)S(C)=O)s2)s1. The van der Waals surface area contributed by atoms with E-state index in [-0.39, 0.29) is 0 Å². The van der Waals surface area contributed by atoms with Crippen molar-refractivity contribution in [2.45, 2.75) is 50.7 Å². The summed E-state index contributed by atoms with van der Waals surface area (Å²) in [6.07, 6.45) is 5.85. The molecule has 0 radical (unpaired) electrons. The Labute approximate surface area is 159 Å². The highest BCUT2D eigenvalue weighted by molar-refractivity contribution is 7.86. The standard InChI is InChI=1S/C18H25NO3S3/c1-13-8-10-15(23-13)16-11-9-14(24-16)7-5-4-6-12-18(2,25(3)22)17(20)19-21/h8-11,21H,4-7,12H2,1-3H3,(H,19,20). The van der Waals surface area contributed by atoms with Gasteiger partial charge in [0.2, 0.25) is 0 Å². The van der Waals surface area contributed by atoms with Crippen LogP contribution in [0.5, 0.6) is 0 Å². The van der Waals surface area contributed by atoms with Crippen LogP contribution in [-0.4, -0.2) is 26.3 Å². The lowest BCUT2D eigenvalue weighted by Crippen LogP contribution is -2.46. The summed E-state index contributed by atoms with van der Waals surface area (Å²) < 4.78 is 10.8. The van der Waals surface area contributed by atoms with Crippen molar-refractivity contribution in [2.24, 2.45) is 0 Å². The monoisotopic (exact) mass is 399 g/mol. The zero-order valence-electron chi connectivity index (χ0n) is 14.8. The lowest BCUT2D eigenvalue weighted by molar-refractivity contribution is -0.131. The molecule has 0 fully saturated rings. The number of unbranched alkanes of at least 4 members (excludes halogenated alkanes) is 2. The molecule has 2 aromatic rings. The molecular weight excluding hydrogens is 374 g/mol. The summed E-state index contributed by atoms with van der Waals surface area (Å²) >= 11 is 3.66. The van der Waals surface area contributed by atoms with Crippen LogP contribution in [0.4, 0.5) is 0 Å². The molecule has 138 valence electrons. The fourth-order valence-electron chi connectivity index (χ4n) is 2.66. The highest BCUT2D eigenvalue weighted by Crippen LogP contribution is 2.34. The molecule has 0 saturated heterocycles. The van der Waals surface area contributed by atoms with E-state index in [0.29, 0.717) is 6.42 Å². The van der Waals surface area contributed by atoms with Gasteiger partial charge >= 0.3 is 0 Å². The number of amides is 1. The van der Waals surface area contributed by atoms with Gasteiger partial charge in [-0.25, -0.2) is 5.48 Å². The van der Waals surface area contributed by atoms with E-state index < -0.39 is 21.5 Å². The molecule has 2 N–H and O–H groups in total. The van der Waals surface area contributed by atoms with Gasteiger partial charge in [-0.2, -0.15) is 0 Å². The molecular formula is C18H25NO3S3. The summed E-state index contributed by atoms with van der Waals surface area (Å²) in [5.41, 5.74) is 1.64. The fraction of sp³-hybridized carbons (Fsp3) is 0.500. The Hall–Kier alpha value is -1.02. The summed E-state index contributed by atoms with van der Waals surface area (Å²) in [6, 6.07) is 8.71. The summed E-state index contributed by atoms with van der Waals surface area (Å²) in [5, 5.41) is 8.84. The normalized spacial score (nSPS) is 14.9. The van der Waals surface area contributed by atoms with Gasteiger partial charge in [-0.15, -0.1) is 22.7 Å². The van der Waals surface area contributed by atoms with E-state index in [1.165, 1.54) is 25.8 Å². The lowest BCUT2D eigenvalue weighted by Gasteiger charge is -2.24. The van der Waals surface area contributed by atoms with Crippen LogP contribution in [0.1, 0.15) is 42.4 Å². The summed E-state index contributed by atoms with van der Waals surface area (Å²) in [5.74, 6) is -0.567. The molecule has 0 aliphatic rings. The number of carbonyl (C=O) groups excluding carboxylic acids is 1. The quantitative estimate of drug-likeness (QED) is 0.370. The molecule has 1 amide bonds. The number of thiophene rings is 2. The Morgan fingerprint density at radius 1 is 1.16 bits per heavy atom. The third-order valence-electron chi connectivity index (χ3n) is 4.44. The fourth-order valence-corrected chi connectivity index (χ4v) is 5.40. The molecule has 0 aliphatic heterocycles. The largest absolute Gasteiger partial charge is 0.289 e. The number of rotatable bonds is 9. The minimum Gasteiger partial charge on any atom is -0.289 e. The van der Waals surface area contributed by atoms with Crippen molar-refractivity contribution < 1.29 is 14.2 Å². The number of nitrogens with one attached hydrogen (secondary N) is 1. The van der Waals surface area contributed by atoms with E-state index in [4.69, 9.17) is 5.21 Å². The molecule has 0 aliphatic carbocycles. The van der Waals surface area contributed by atoms with E-state index in [9.17, 15) is 9.00 Å². The van der Waals surface area contributed by atoms with Crippen LogP contribution in [0, 0.1) is 6.92 Å². The highest BCUT2D eigenvalue weighted by atomic mass is 32.2. The number of hydroxylamine groups is 1. The topological polar surface area (TPSA) is 66.4 Å². The molecule has 2 rings (SSSR count). The van der Waals surface area contributed by atoms with Gasteiger partial charge in [0.1, 0.15) is 4.75 Å². The van der Waals surface area contributed by atoms with E-state index in [1.807, 2.05) is 22.7 Å². The second-order valence-corrected chi connectivity index (χ2v) is 10.6.